The minimum atomic E-state index is -3.71. The number of rotatable bonds is 4. The zero-order valence-electron chi connectivity index (χ0n) is 10.6. The highest BCUT2D eigenvalue weighted by Crippen LogP contribution is 2.18. The second-order valence-corrected chi connectivity index (χ2v) is 6.69. The molecule has 8 heteroatoms. The second-order valence-electron chi connectivity index (χ2n) is 4.19. The van der Waals surface area contributed by atoms with Gasteiger partial charge in [-0.05, 0) is 40.5 Å². The second kappa shape index (κ2) is 5.86. The molecule has 0 fully saturated rings. The van der Waals surface area contributed by atoms with Crippen LogP contribution in [0, 0.1) is 0 Å². The summed E-state index contributed by atoms with van der Waals surface area (Å²) >= 11 is 3.13. The van der Waals surface area contributed by atoms with E-state index in [1.807, 2.05) is 0 Å². The van der Waals surface area contributed by atoms with Crippen LogP contribution >= 0.6 is 15.9 Å². The molecule has 0 amide bonds. The Bertz CT molecular complexity index is 702. The average Bonchev–Trinajstić information content (AvgIpc) is 2.41. The summed E-state index contributed by atoms with van der Waals surface area (Å²) in [7, 11) is -3.71. The van der Waals surface area contributed by atoms with Crippen LogP contribution in [0.1, 0.15) is 18.5 Å². The lowest BCUT2D eigenvalue weighted by Gasteiger charge is -2.10. The smallest absolute Gasteiger partial charge is 0.263 e. The number of aromatic nitrogens is 2. The maximum atomic E-state index is 12.2. The number of halogens is 1. The lowest BCUT2D eigenvalue weighted by Crippen LogP contribution is -2.15. The Morgan fingerprint density at radius 1 is 1.30 bits per heavy atom. The molecule has 6 nitrogen and oxygen atoms in total. The zero-order valence-corrected chi connectivity index (χ0v) is 13.0. The third-order valence-electron chi connectivity index (χ3n) is 2.55. The van der Waals surface area contributed by atoms with Crippen molar-refractivity contribution in [2.75, 3.05) is 4.72 Å². The van der Waals surface area contributed by atoms with E-state index in [4.69, 9.17) is 5.73 Å². The molecule has 20 heavy (non-hydrogen) atoms. The number of nitrogens with two attached hydrogens (primary N) is 1. The van der Waals surface area contributed by atoms with Gasteiger partial charge in [-0.25, -0.2) is 18.4 Å². The molecule has 1 aromatic carbocycles. The molecule has 0 aliphatic carbocycles. The first kappa shape index (κ1) is 14.9. The van der Waals surface area contributed by atoms with E-state index >= 15 is 0 Å². The van der Waals surface area contributed by atoms with Gasteiger partial charge in [0.1, 0.15) is 4.60 Å². The van der Waals surface area contributed by atoms with E-state index in [0.29, 0.717) is 4.60 Å². The first-order valence-electron chi connectivity index (χ1n) is 5.74. The van der Waals surface area contributed by atoms with Gasteiger partial charge in [0.05, 0.1) is 17.3 Å². The summed E-state index contributed by atoms with van der Waals surface area (Å²) in [6.07, 6.45) is 2.74. The fourth-order valence-corrected chi connectivity index (χ4v) is 2.78. The fourth-order valence-electron chi connectivity index (χ4n) is 1.53. The van der Waals surface area contributed by atoms with E-state index in [2.05, 4.69) is 30.6 Å². The predicted octanol–water partition coefficient (Wildman–Crippen LogP) is 2.06. The van der Waals surface area contributed by atoms with Gasteiger partial charge in [0.2, 0.25) is 0 Å². The molecule has 2 aromatic rings. The van der Waals surface area contributed by atoms with Crippen LogP contribution in [0.3, 0.4) is 0 Å². The van der Waals surface area contributed by atoms with Crippen molar-refractivity contribution in [3.63, 3.8) is 0 Å². The first-order chi connectivity index (χ1) is 9.38. The largest absolute Gasteiger partial charge is 0.324 e. The Balaban J connectivity index is 2.30. The third kappa shape index (κ3) is 3.53. The molecule has 2 rings (SSSR count). The molecule has 1 heterocycles. The molecule has 0 saturated carbocycles. The minimum absolute atomic E-state index is 0.136. The molecule has 0 aliphatic rings. The predicted molar refractivity (Wildman–Crippen MR) is 79.6 cm³/mol. The van der Waals surface area contributed by atoms with Gasteiger partial charge in [-0.15, -0.1) is 0 Å². The van der Waals surface area contributed by atoms with Crippen molar-refractivity contribution in [3.05, 3.63) is 46.8 Å². The number of sulfonamides is 1. The molecule has 1 unspecified atom stereocenters. The number of hydrogen-bond donors (Lipinski definition) is 2. The highest BCUT2D eigenvalue weighted by molar-refractivity contribution is 9.10. The first-order valence-corrected chi connectivity index (χ1v) is 8.02. The Kier molecular flexibility index (Phi) is 4.36. The molecule has 106 valence electrons. The Hall–Kier alpha value is -1.51. The summed E-state index contributed by atoms with van der Waals surface area (Å²) < 4.78 is 27.4. The van der Waals surface area contributed by atoms with Gasteiger partial charge in [-0.3, -0.25) is 4.72 Å². The summed E-state index contributed by atoms with van der Waals surface area (Å²) in [6, 6.07) is 6.24. The summed E-state index contributed by atoms with van der Waals surface area (Å²) in [4.78, 5) is 7.97. The molecular formula is C12H13BrN4O2S. The van der Waals surface area contributed by atoms with Crippen LogP contribution in [0.5, 0.6) is 0 Å². The van der Waals surface area contributed by atoms with E-state index in [1.54, 1.807) is 25.1 Å². The minimum Gasteiger partial charge on any atom is -0.324 e. The highest BCUT2D eigenvalue weighted by atomic mass is 79.9. The molecule has 0 bridgehead atoms. The van der Waals surface area contributed by atoms with Crippen molar-refractivity contribution >= 4 is 31.8 Å². The zero-order chi connectivity index (χ0) is 14.8. The normalized spacial score (nSPS) is 12.9. The van der Waals surface area contributed by atoms with E-state index in [1.165, 1.54) is 18.5 Å². The Morgan fingerprint density at radius 3 is 2.65 bits per heavy atom. The number of nitrogens with zero attached hydrogens (tertiary/aromatic N) is 2. The van der Waals surface area contributed by atoms with Gasteiger partial charge < -0.3 is 5.73 Å². The molecule has 0 radical (unpaired) electrons. The van der Waals surface area contributed by atoms with Crippen LogP contribution in [-0.2, 0) is 10.0 Å². The Labute approximate surface area is 125 Å². The maximum Gasteiger partial charge on any atom is 0.263 e. The van der Waals surface area contributed by atoms with Crippen molar-refractivity contribution in [1.29, 1.82) is 0 Å². The van der Waals surface area contributed by atoms with E-state index in [-0.39, 0.29) is 16.8 Å². The van der Waals surface area contributed by atoms with Crippen molar-refractivity contribution in [3.8, 4) is 0 Å². The van der Waals surface area contributed by atoms with E-state index in [9.17, 15) is 8.42 Å². The van der Waals surface area contributed by atoms with Crippen LogP contribution in [0.2, 0.25) is 0 Å². The number of nitrogens with one attached hydrogen (secondary N) is 1. The van der Waals surface area contributed by atoms with Crippen LogP contribution < -0.4 is 10.5 Å². The standard InChI is InChI=1S/C12H13BrN4O2S/c1-8(14)9-3-2-4-10(5-9)20(18,19)17-12-7-15-11(13)6-16-12/h2-8H,14H2,1H3,(H,16,17). The van der Waals surface area contributed by atoms with Crippen LogP contribution in [0.25, 0.3) is 0 Å². The summed E-state index contributed by atoms with van der Waals surface area (Å²) in [5.74, 6) is 0.152. The summed E-state index contributed by atoms with van der Waals surface area (Å²) in [5, 5.41) is 0. The van der Waals surface area contributed by atoms with Gasteiger partial charge >= 0.3 is 0 Å². The molecule has 1 atom stereocenters. The SMILES string of the molecule is CC(N)c1cccc(S(=O)(=O)Nc2cnc(Br)cn2)c1. The quantitative estimate of drug-likeness (QED) is 0.873. The maximum absolute atomic E-state index is 12.2. The third-order valence-corrected chi connectivity index (χ3v) is 4.32. The highest BCUT2D eigenvalue weighted by Gasteiger charge is 2.16. The van der Waals surface area contributed by atoms with Gasteiger partial charge in [0, 0.05) is 6.04 Å². The van der Waals surface area contributed by atoms with Gasteiger partial charge in [-0.1, -0.05) is 12.1 Å². The summed E-state index contributed by atoms with van der Waals surface area (Å²) in [6.45, 7) is 1.79. The monoisotopic (exact) mass is 356 g/mol. The number of anilines is 1. The van der Waals surface area contributed by atoms with Crippen molar-refractivity contribution < 1.29 is 8.42 Å². The fraction of sp³-hybridized carbons (Fsp3) is 0.167. The topological polar surface area (TPSA) is 98.0 Å². The van der Waals surface area contributed by atoms with Crippen LogP contribution in [-0.4, -0.2) is 18.4 Å². The van der Waals surface area contributed by atoms with Gasteiger partial charge in [0.15, 0.2) is 5.82 Å². The molecule has 0 spiro atoms. The molecule has 1 aromatic heterocycles. The van der Waals surface area contributed by atoms with Crippen molar-refractivity contribution in [2.24, 2.45) is 5.73 Å². The van der Waals surface area contributed by atoms with Gasteiger partial charge in [0.25, 0.3) is 10.0 Å². The molecule has 3 N–H and O–H groups in total. The van der Waals surface area contributed by atoms with Crippen LogP contribution in [0.15, 0.2) is 46.2 Å². The average molecular weight is 357 g/mol. The van der Waals surface area contributed by atoms with Gasteiger partial charge in [-0.2, -0.15) is 0 Å². The number of hydrogen-bond acceptors (Lipinski definition) is 5. The molecule has 0 aliphatic heterocycles. The van der Waals surface area contributed by atoms with Crippen LogP contribution in [0.4, 0.5) is 5.82 Å². The van der Waals surface area contributed by atoms with Crippen molar-refractivity contribution in [1.82, 2.24) is 9.97 Å². The lowest BCUT2D eigenvalue weighted by atomic mass is 10.1. The molecule has 0 saturated heterocycles. The van der Waals surface area contributed by atoms with Crippen molar-refractivity contribution in [2.45, 2.75) is 17.9 Å². The van der Waals surface area contributed by atoms with E-state index < -0.39 is 10.0 Å². The molecular weight excluding hydrogens is 344 g/mol. The summed E-state index contributed by atoms with van der Waals surface area (Å²) in [5.41, 5.74) is 6.50. The number of benzene rings is 1. The Morgan fingerprint density at radius 2 is 2.05 bits per heavy atom. The van der Waals surface area contributed by atoms with E-state index in [0.717, 1.165) is 5.56 Å². The lowest BCUT2D eigenvalue weighted by molar-refractivity contribution is 0.600.